The Morgan fingerprint density at radius 1 is 1.18 bits per heavy atom. The van der Waals surface area contributed by atoms with Crippen molar-refractivity contribution >= 4 is 51.3 Å². The van der Waals surface area contributed by atoms with E-state index in [1.807, 2.05) is 55.5 Å². The smallest absolute Gasteiger partial charge is 0.344 e. The summed E-state index contributed by atoms with van der Waals surface area (Å²) >= 11 is 1.19. The predicted molar refractivity (Wildman–Crippen MR) is 131 cm³/mol. The van der Waals surface area contributed by atoms with Gasteiger partial charge >= 0.3 is 5.97 Å². The Morgan fingerprint density at radius 3 is 2.61 bits per heavy atom. The molecule has 0 atom stereocenters. The van der Waals surface area contributed by atoms with Gasteiger partial charge < -0.3 is 20.1 Å². The van der Waals surface area contributed by atoms with Crippen LogP contribution in [0.2, 0.25) is 0 Å². The van der Waals surface area contributed by atoms with Gasteiger partial charge in [0, 0.05) is 22.7 Å². The van der Waals surface area contributed by atoms with E-state index in [0.29, 0.717) is 15.6 Å². The molecule has 8 heteroatoms. The maximum absolute atomic E-state index is 12.6. The van der Waals surface area contributed by atoms with Crippen LogP contribution in [-0.4, -0.2) is 33.2 Å². The molecule has 1 aliphatic rings. The summed E-state index contributed by atoms with van der Waals surface area (Å²) in [5, 5.41) is 12.2. The fourth-order valence-corrected chi connectivity index (χ4v) is 4.58. The molecule has 0 fully saturated rings. The van der Waals surface area contributed by atoms with Crippen LogP contribution in [0.5, 0.6) is 0 Å². The molecule has 4 rings (SSSR count). The molecule has 1 aliphatic heterocycles. The van der Waals surface area contributed by atoms with Crippen molar-refractivity contribution in [2.24, 2.45) is 10.7 Å². The Balaban J connectivity index is 1.80. The van der Waals surface area contributed by atoms with Crippen LogP contribution in [0, 0.1) is 6.92 Å². The quantitative estimate of drug-likeness (QED) is 0.521. The highest BCUT2D eigenvalue weighted by molar-refractivity contribution is 8.18. The third kappa shape index (κ3) is 4.70. The second kappa shape index (κ2) is 9.38. The summed E-state index contributed by atoms with van der Waals surface area (Å²) in [5.74, 6) is -1.27. The van der Waals surface area contributed by atoms with Gasteiger partial charge in [-0.3, -0.25) is 4.79 Å². The van der Waals surface area contributed by atoms with Gasteiger partial charge in [-0.1, -0.05) is 47.7 Å². The van der Waals surface area contributed by atoms with Crippen molar-refractivity contribution in [3.8, 4) is 0 Å². The van der Waals surface area contributed by atoms with Crippen molar-refractivity contribution < 1.29 is 19.4 Å². The molecule has 0 radical (unpaired) electrons. The van der Waals surface area contributed by atoms with Crippen LogP contribution < -0.4 is 5.73 Å². The Labute approximate surface area is 195 Å². The van der Waals surface area contributed by atoms with Gasteiger partial charge in [-0.25, -0.2) is 9.79 Å². The van der Waals surface area contributed by atoms with Crippen molar-refractivity contribution in [1.29, 1.82) is 0 Å². The van der Waals surface area contributed by atoms with E-state index in [-0.39, 0.29) is 24.5 Å². The number of para-hydroxylation sites is 1. The van der Waals surface area contributed by atoms with E-state index in [1.165, 1.54) is 11.8 Å². The second-order valence-corrected chi connectivity index (χ2v) is 8.53. The van der Waals surface area contributed by atoms with Gasteiger partial charge in [-0.05, 0) is 38.1 Å². The number of rotatable bonds is 6. The maximum Gasteiger partial charge on any atom is 0.344 e. The summed E-state index contributed by atoms with van der Waals surface area (Å²) in [4.78, 5) is 29.2. The summed E-state index contributed by atoms with van der Waals surface area (Å²) in [6.07, 6.45) is 3.58. The molecular formula is C25H23N3O4S. The minimum Gasteiger partial charge on any atom is -0.506 e. The molecule has 1 amide bonds. The van der Waals surface area contributed by atoms with Crippen molar-refractivity contribution in [2.45, 2.75) is 20.4 Å². The standard InChI is InChI=1S/C25H23N3O4S/c1-3-32-25(31)22-23(30)20(33-24(22)27-17-10-8-15(2)9-11-17)12-16-13-28(14-21(26)29)19-7-5-4-6-18(16)19/h4-13,30H,3,14H2,1-2H3,(H2,26,29). The lowest BCUT2D eigenvalue weighted by atomic mass is 10.1. The summed E-state index contributed by atoms with van der Waals surface area (Å²) in [6, 6.07) is 15.1. The third-order valence-electron chi connectivity index (χ3n) is 5.07. The second-order valence-electron chi connectivity index (χ2n) is 7.50. The highest BCUT2D eigenvalue weighted by atomic mass is 32.2. The number of aryl methyl sites for hydroxylation is 1. The highest BCUT2D eigenvalue weighted by Gasteiger charge is 2.33. The van der Waals surface area contributed by atoms with Crippen LogP contribution in [0.15, 0.2) is 76.0 Å². The lowest BCUT2D eigenvalue weighted by molar-refractivity contribution is -0.138. The molecule has 0 saturated heterocycles. The van der Waals surface area contributed by atoms with E-state index in [2.05, 4.69) is 4.99 Å². The normalized spacial score (nSPS) is 16.2. The van der Waals surface area contributed by atoms with Gasteiger partial charge in [0.2, 0.25) is 5.91 Å². The molecule has 33 heavy (non-hydrogen) atoms. The predicted octanol–water partition coefficient (Wildman–Crippen LogP) is 4.63. The Morgan fingerprint density at radius 2 is 1.91 bits per heavy atom. The van der Waals surface area contributed by atoms with Crippen LogP contribution in [0.4, 0.5) is 5.69 Å². The van der Waals surface area contributed by atoms with Crippen molar-refractivity contribution in [3.63, 3.8) is 0 Å². The number of aliphatic imine (C=N–C) groups is 1. The lowest BCUT2D eigenvalue weighted by Gasteiger charge is -2.04. The number of benzene rings is 2. The fourth-order valence-electron chi connectivity index (χ4n) is 3.56. The van der Waals surface area contributed by atoms with Gasteiger partial charge in [0.05, 0.1) is 17.2 Å². The van der Waals surface area contributed by atoms with E-state index in [0.717, 1.165) is 22.0 Å². The Kier molecular flexibility index (Phi) is 6.37. The van der Waals surface area contributed by atoms with Crippen molar-refractivity contribution in [1.82, 2.24) is 4.57 Å². The highest BCUT2D eigenvalue weighted by Crippen LogP contribution is 2.41. The zero-order valence-corrected chi connectivity index (χ0v) is 19.1. The van der Waals surface area contributed by atoms with E-state index in [4.69, 9.17) is 10.5 Å². The van der Waals surface area contributed by atoms with Gasteiger partial charge in [-0.15, -0.1) is 0 Å². The van der Waals surface area contributed by atoms with Crippen LogP contribution in [-0.2, 0) is 20.9 Å². The van der Waals surface area contributed by atoms with E-state index >= 15 is 0 Å². The molecule has 0 saturated carbocycles. The molecule has 0 unspecified atom stereocenters. The van der Waals surface area contributed by atoms with Crippen LogP contribution in [0.1, 0.15) is 18.1 Å². The van der Waals surface area contributed by atoms with Crippen LogP contribution in [0.3, 0.4) is 0 Å². The average Bonchev–Trinajstić information content (AvgIpc) is 3.27. The number of hydrogen-bond donors (Lipinski definition) is 2. The summed E-state index contributed by atoms with van der Waals surface area (Å²) in [6.45, 7) is 3.90. The zero-order valence-electron chi connectivity index (χ0n) is 18.2. The summed E-state index contributed by atoms with van der Waals surface area (Å²) < 4.78 is 6.93. The number of amides is 1. The number of thioether (sulfide) groups is 1. The molecular weight excluding hydrogens is 438 g/mol. The number of carbonyl (C=O) groups excluding carboxylic acids is 2. The molecule has 2 aromatic carbocycles. The van der Waals surface area contributed by atoms with Crippen LogP contribution in [0.25, 0.3) is 17.0 Å². The van der Waals surface area contributed by atoms with Crippen LogP contribution >= 0.6 is 11.8 Å². The number of aliphatic hydroxyl groups excluding tert-OH is 1. The van der Waals surface area contributed by atoms with Crippen molar-refractivity contribution in [2.75, 3.05) is 6.61 Å². The fraction of sp³-hybridized carbons (Fsp3) is 0.160. The number of nitrogens with zero attached hydrogens (tertiary/aromatic N) is 2. The summed E-state index contributed by atoms with van der Waals surface area (Å²) in [5.41, 5.74) is 8.81. The minimum atomic E-state index is -0.632. The summed E-state index contributed by atoms with van der Waals surface area (Å²) in [7, 11) is 0. The number of carbonyl (C=O) groups is 2. The number of fused-ring (bicyclic) bond motifs is 1. The molecule has 7 nitrogen and oxygen atoms in total. The van der Waals surface area contributed by atoms with E-state index in [9.17, 15) is 14.7 Å². The van der Waals surface area contributed by atoms with Gasteiger partial charge in [0.15, 0.2) is 0 Å². The topological polar surface area (TPSA) is 107 Å². The Bertz CT molecular complexity index is 1330. The van der Waals surface area contributed by atoms with Gasteiger partial charge in [0.25, 0.3) is 0 Å². The first-order valence-corrected chi connectivity index (χ1v) is 11.2. The number of hydrogen-bond acceptors (Lipinski definition) is 6. The third-order valence-corrected chi connectivity index (χ3v) is 6.09. The SMILES string of the molecule is CCOC(=O)C1=C(O)C(=Cc2cn(CC(N)=O)c3ccccc23)SC1=Nc1ccc(C)cc1. The first-order chi connectivity index (χ1) is 15.9. The molecule has 0 spiro atoms. The van der Waals surface area contributed by atoms with E-state index < -0.39 is 11.9 Å². The Hall–Kier alpha value is -3.78. The monoisotopic (exact) mass is 461 g/mol. The number of esters is 1. The number of aliphatic hydroxyl groups is 1. The minimum absolute atomic E-state index is 0.0346. The number of primary amides is 1. The maximum atomic E-state index is 12.6. The molecule has 1 aromatic heterocycles. The molecule has 0 bridgehead atoms. The molecule has 168 valence electrons. The molecule has 3 aromatic rings. The number of ether oxygens (including phenoxy) is 1. The van der Waals surface area contributed by atoms with E-state index in [1.54, 1.807) is 23.8 Å². The zero-order chi connectivity index (χ0) is 23.5. The van der Waals surface area contributed by atoms with Gasteiger partial charge in [-0.2, -0.15) is 0 Å². The molecule has 2 heterocycles. The number of nitrogens with two attached hydrogens (primary N) is 1. The largest absolute Gasteiger partial charge is 0.506 e. The lowest BCUT2D eigenvalue weighted by Crippen LogP contribution is -2.17. The molecule has 3 N–H and O–H groups in total. The van der Waals surface area contributed by atoms with Crippen molar-refractivity contribution in [3.05, 3.63) is 82.1 Å². The number of aromatic nitrogens is 1. The molecule has 0 aliphatic carbocycles. The first kappa shape index (κ1) is 22.4. The van der Waals surface area contributed by atoms with Gasteiger partial charge in [0.1, 0.15) is 22.9 Å². The average molecular weight is 462 g/mol. The first-order valence-electron chi connectivity index (χ1n) is 10.4.